The number of allylic oxidation sites excluding steroid dienone is 2. The second-order valence-electron chi connectivity index (χ2n) is 14.1. The van der Waals surface area contributed by atoms with Crippen molar-refractivity contribution in [1.29, 1.82) is 0 Å². The zero-order valence-electron chi connectivity index (χ0n) is 30.6. The average Bonchev–Trinajstić information content (AvgIpc) is 3.56. The summed E-state index contributed by atoms with van der Waals surface area (Å²) in [6.45, 7) is 8.04. The van der Waals surface area contributed by atoms with E-state index in [9.17, 15) is 28.8 Å². The second kappa shape index (κ2) is 22.0. The van der Waals surface area contributed by atoms with Crippen LogP contribution in [0.3, 0.4) is 0 Å². The molecule has 2 heterocycles. The normalized spacial score (nSPS) is 24.0. The van der Waals surface area contributed by atoms with Gasteiger partial charge >= 0.3 is 0 Å². The first-order chi connectivity index (χ1) is 23.8. The molecule has 9 N–H and O–H groups in total. The van der Waals surface area contributed by atoms with Gasteiger partial charge in [-0.1, -0.05) is 65.5 Å². The number of ketones is 1. The molecule has 2 aliphatic rings. The fraction of sp³-hybridized carbons (Fsp3) is 0.750. The predicted octanol–water partition coefficient (Wildman–Crippen LogP) is 1.94. The van der Waals surface area contributed by atoms with Crippen LogP contribution in [0.15, 0.2) is 17.1 Å². The Bertz CT molecular complexity index is 1220. The smallest absolute Gasteiger partial charge is 0.243 e. The molecule has 1 saturated heterocycles. The number of primary amides is 1. The van der Waals surface area contributed by atoms with Crippen molar-refractivity contribution in [3.05, 3.63) is 12.2 Å². The lowest BCUT2D eigenvalue weighted by Gasteiger charge is -2.29. The molecule has 0 aromatic carbocycles. The molecule has 1 fully saturated rings. The fourth-order valence-electron chi connectivity index (χ4n) is 6.49. The molecule has 282 valence electrons. The number of hydrogen-bond donors (Lipinski definition) is 6. The Hall–Kier alpha value is -3.97. The molecule has 0 saturated carbocycles. The third kappa shape index (κ3) is 14.1. The number of carbonyl (C=O) groups excluding carboxylic acids is 6. The summed E-state index contributed by atoms with van der Waals surface area (Å²) in [4.78, 5) is 85.7. The van der Waals surface area contributed by atoms with Gasteiger partial charge in [0.2, 0.25) is 29.5 Å². The van der Waals surface area contributed by atoms with E-state index in [1.165, 1.54) is 0 Å². The van der Waals surface area contributed by atoms with Crippen molar-refractivity contribution in [1.82, 2.24) is 20.9 Å². The quantitative estimate of drug-likeness (QED) is 0.0760. The van der Waals surface area contributed by atoms with Crippen LogP contribution >= 0.6 is 0 Å². The van der Waals surface area contributed by atoms with Crippen LogP contribution in [0.5, 0.6) is 0 Å². The van der Waals surface area contributed by atoms with Gasteiger partial charge in [0.15, 0.2) is 11.7 Å². The number of fused-ring (bicyclic) bond motifs is 1. The third-order valence-corrected chi connectivity index (χ3v) is 9.75. The van der Waals surface area contributed by atoms with Crippen molar-refractivity contribution >= 4 is 41.3 Å². The Morgan fingerprint density at radius 3 is 2.34 bits per heavy atom. The highest BCUT2D eigenvalue weighted by molar-refractivity contribution is 5.96. The van der Waals surface area contributed by atoms with Crippen molar-refractivity contribution in [2.24, 2.45) is 39.9 Å². The predicted molar refractivity (Wildman–Crippen MR) is 193 cm³/mol. The van der Waals surface area contributed by atoms with E-state index in [4.69, 9.17) is 17.2 Å². The molecule has 0 unspecified atom stereocenters. The molecule has 5 amide bonds. The minimum absolute atomic E-state index is 0.0286. The Morgan fingerprint density at radius 2 is 1.68 bits per heavy atom. The maximum absolute atomic E-state index is 14.0. The van der Waals surface area contributed by atoms with Gasteiger partial charge in [-0.15, -0.1) is 0 Å². The van der Waals surface area contributed by atoms with E-state index in [0.717, 1.165) is 44.9 Å². The zero-order valence-corrected chi connectivity index (χ0v) is 30.6. The number of hydrogen-bond acceptors (Lipinski definition) is 7. The van der Waals surface area contributed by atoms with Crippen LogP contribution in [0, 0.1) is 17.8 Å². The molecule has 0 spiro atoms. The van der Waals surface area contributed by atoms with Crippen molar-refractivity contribution in [3.8, 4) is 0 Å². The lowest BCUT2D eigenvalue weighted by Crippen LogP contribution is -2.55. The molecule has 0 aromatic rings. The monoisotopic (exact) mass is 702 g/mol. The summed E-state index contributed by atoms with van der Waals surface area (Å²) < 4.78 is 0. The number of carbonyl (C=O) groups is 6. The number of guanidine groups is 1. The lowest BCUT2D eigenvalue weighted by atomic mass is 9.88. The molecular weight excluding hydrogens is 640 g/mol. The van der Waals surface area contributed by atoms with E-state index in [1.807, 2.05) is 26.0 Å². The standard InChI is InChI=1S/C36H62N8O6/c1-5-24(4)31-28(45)22-25(33(48)41-26(17-14-20-40-36(38)39)34(49)42-30(23(2)3)32(37)47)16-12-10-8-6-7-9-11-13-19-29(46)44-21-15-18-27(44)35(50)43-31/h10,12,23-27,30-31H,5-9,11,13-22H2,1-4H3,(H2,37,47)(H,41,48)(H,42,49)(H,43,50)(H4,38,39,40)/b12-10+/t24-,25-,26+,27+,30+,31+/m1/s1. The molecule has 0 radical (unpaired) electrons. The molecule has 14 nitrogen and oxygen atoms in total. The Labute approximate surface area is 297 Å². The van der Waals surface area contributed by atoms with Crippen LogP contribution < -0.4 is 33.2 Å². The van der Waals surface area contributed by atoms with E-state index >= 15 is 0 Å². The van der Waals surface area contributed by atoms with E-state index in [-0.39, 0.29) is 61.2 Å². The van der Waals surface area contributed by atoms with Gasteiger partial charge in [-0.2, -0.15) is 0 Å². The van der Waals surface area contributed by atoms with Crippen molar-refractivity contribution in [3.63, 3.8) is 0 Å². The van der Waals surface area contributed by atoms with Crippen molar-refractivity contribution in [2.75, 3.05) is 13.1 Å². The summed E-state index contributed by atoms with van der Waals surface area (Å²) in [6.07, 6.45) is 12.2. The van der Waals surface area contributed by atoms with Gasteiger partial charge < -0.3 is 38.1 Å². The molecule has 2 aliphatic heterocycles. The first kappa shape index (κ1) is 42.2. The summed E-state index contributed by atoms with van der Waals surface area (Å²) in [7, 11) is 0. The molecular formula is C36H62N8O6. The zero-order chi connectivity index (χ0) is 37.2. The highest BCUT2D eigenvalue weighted by Gasteiger charge is 2.38. The van der Waals surface area contributed by atoms with E-state index < -0.39 is 47.8 Å². The number of aliphatic imine (C=N–C) groups is 1. The van der Waals surface area contributed by atoms with E-state index in [1.54, 1.807) is 18.7 Å². The van der Waals surface area contributed by atoms with Crippen molar-refractivity contribution < 1.29 is 28.8 Å². The highest BCUT2D eigenvalue weighted by atomic mass is 16.2. The number of rotatable bonds is 12. The van der Waals surface area contributed by atoms with E-state index in [0.29, 0.717) is 32.2 Å². The first-order valence-electron chi connectivity index (χ1n) is 18.5. The Morgan fingerprint density at radius 1 is 0.980 bits per heavy atom. The van der Waals surface area contributed by atoms with Crippen LogP contribution in [-0.4, -0.2) is 83.4 Å². The average molecular weight is 703 g/mol. The van der Waals surface area contributed by atoms with Gasteiger partial charge in [0, 0.05) is 31.8 Å². The number of amides is 5. The largest absolute Gasteiger partial charge is 0.370 e. The van der Waals surface area contributed by atoms with Gasteiger partial charge in [0.25, 0.3) is 0 Å². The molecule has 14 heteroatoms. The second-order valence-corrected chi connectivity index (χ2v) is 14.1. The number of nitrogens with one attached hydrogen (secondary N) is 3. The molecule has 0 bridgehead atoms. The number of Topliss-reactive ketones (excluding diaryl/α,β-unsaturated/α-hetero) is 1. The molecule has 50 heavy (non-hydrogen) atoms. The minimum Gasteiger partial charge on any atom is -0.370 e. The van der Waals surface area contributed by atoms with Crippen LogP contribution in [0.2, 0.25) is 0 Å². The molecule has 0 aliphatic carbocycles. The first-order valence-corrected chi connectivity index (χ1v) is 18.5. The Balaban J connectivity index is 2.37. The molecule has 0 aromatic heterocycles. The summed E-state index contributed by atoms with van der Waals surface area (Å²) in [5.41, 5.74) is 16.4. The Kier molecular flexibility index (Phi) is 18.5. The van der Waals surface area contributed by atoms with Gasteiger partial charge in [0.05, 0.1) is 6.04 Å². The maximum atomic E-state index is 14.0. The summed E-state index contributed by atoms with van der Waals surface area (Å²) in [6, 6.07) is -3.48. The van der Waals surface area contributed by atoms with Crippen LogP contribution in [0.1, 0.15) is 118 Å². The number of nitrogens with zero attached hydrogens (tertiary/aromatic N) is 2. The van der Waals surface area contributed by atoms with Gasteiger partial charge in [0.1, 0.15) is 18.1 Å². The lowest BCUT2D eigenvalue weighted by molar-refractivity contribution is -0.140. The molecule has 2 rings (SSSR count). The highest BCUT2D eigenvalue weighted by Crippen LogP contribution is 2.23. The molecule has 6 atom stereocenters. The maximum Gasteiger partial charge on any atom is 0.243 e. The van der Waals surface area contributed by atoms with Gasteiger partial charge in [-0.05, 0) is 63.2 Å². The number of nitrogens with two attached hydrogens (primary N) is 3. The van der Waals surface area contributed by atoms with Crippen LogP contribution in [-0.2, 0) is 28.8 Å². The third-order valence-electron chi connectivity index (χ3n) is 9.75. The summed E-state index contributed by atoms with van der Waals surface area (Å²) in [5, 5.41) is 8.44. The topological polar surface area (TPSA) is 232 Å². The van der Waals surface area contributed by atoms with E-state index in [2.05, 4.69) is 20.9 Å². The fourth-order valence-corrected chi connectivity index (χ4v) is 6.49. The van der Waals surface area contributed by atoms with Crippen LogP contribution in [0.25, 0.3) is 0 Å². The van der Waals surface area contributed by atoms with Crippen molar-refractivity contribution in [2.45, 2.75) is 142 Å². The minimum atomic E-state index is -1.05. The summed E-state index contributed by atoms with van der Waals surface area (Å²) in [5.74, 6) is -3.90. The summed E-state index contributed by atoms with van der Waals surface area (Å²) >= 11 is 0. The van der Waals surface area contributed by atoms with Crippen LogP contribution in [0.4, 0.5) is 0 Å². The SMILES string of the molecule is CC[C@@H](C)[C@@H]1NC(=O)[C@@H]2CCCN2C(=O)CCCCCCC/C=C/C[C@@H](C(=O)N[C@@H](CCCN=C(N)N)C(=O)N[C@H](C(N)=O)C(C)C)CC1=O. The van der Waals surface area contributed by atoms with Gasteiger partial charge in [-0.3, -0.25) is 33.8 Å². The van der Waals surface area contributed by atoms with Gasteiger partial charge in [-0.25, -0.2) is 0 Å².